The zero-order chi connectivity index (χ0) is 23.4. The maximum absolute atomic E-state index is 9.18. The average Bonchev–Trinajstić information content (AvgIpc) is 3.27. The summed E-state index contributed by atoms with van der Waals surface area (Å²) >= 11 is 0. The molecule has 34 heavy (non-hydrogen) atoms. The molecular formula is C31H25N3. The lowest BCUT2D eigenvalue weighted by molar-refractivity contribution is 0.707. The summed E-state index contributed by atoms with van der Waals surface area (Å²) in [5.74, 6) is 0.880. The van der Waals surface area contributed by atoms with Crippen molar-refractivity contribution in [2.75, 3.05) is 0 Å². The molecule has 0 atom stereocenters. The SMILES string of the molecule is Cc1nc(Cc2ccc(C#N)cc2)c(C(c2ccccc2)(c2ccccc2)c2ccccc2)[nH]1. The number of nitriles is 1. The van der Waals surface area contributed by atoms with Gasteiger partial charge < -0.3 is 4.98 Å². The highest BCUT2D eigenvalue weighted by molar-refractivity contribution is 5.59. The van der Waals surface area contributed by atoms with Gasteiger partial charge in [0, 0.05) is 6.42 Å². The molecule has 5 aromatic rings. The monoisotopic (exact) mass is 439 g/mol. The lowest BCUT2D eigenvalue weighted by Crippen LogP contribution is -2.32. The zero-order valence-corrected chi connectivity index (χ0v) is 19.1. The zero-order valence-electron chi connectivity index (χ0n) is 19.1. The van der Waals surface area contributed by atoms with Crippen LogP contribution in [0.2, 0.25) is 0 Å². The summed E-state index contributed by atoms with van der Waals surface area (Å²) in [6.07, 6.45) is 0.666. The molecule has 3 nitrogen and oxygen atoms in total. The third-order valence-electron chi connectivity index (χ3n) is 6.35. The van der Waals surface area contributed by atoms with Gasteiger partial charge in [-0.05, 0) is 41.3 Å². The maximum atomic E-state index is 9.18. The van der Waals surface area contributed by atoms with Gasteiger partial charge in [0.15, 0.2) is 0 Å². The van der Waals surface area contributed by atoms with Gasteiger partial charge in [0.1, 0.15) is 5.82 Å². The first kappa shape index (κ1) is 21.4. The second-order valence-corrected chi connectivity index (χ2v) is 8.48. The highest BCUT2D eigenvalue weighted by Gasteiger charge is 2.41. The third kappa shape index (κ3) is 3.80. The molecule has 1 N–H and O–H groups in total. The molecule has 0 radical (unpaired) electrons. The largest absolute Gasteiger partial charge is 0.345 e. The molecule has 0 saturated carbocycles. The maximum Gasteiger partial charge on any atom is 0.103 e. The van der Waals surface area contributed by atoms with E-state index in [2.05, 4.69) is 102 Å². The van der Waals surface area contributed by atoms with E-state index in [-0.39, 0.29) is 0 Å². The number of nitrogens with zero attached hydrogens (tertiary/aromatic N) is 2. The molecule has 0 aliphatic heterocycles. The lowest BCUT2D eigenvalue weighted by Gasteiger charge is -2.36. The van der Waals surface area contributed by atoms with Gasteiger partial charge in [-0.1, -0.05) is 103 Å². The Morgan fingerprint density at radius 1 is 0.706 bits per heavy atom. The van der Waals surface area contributed by atoms with Crippen LogP contribution in [0.25, 0.3) is 0 Å². The van der Waals surface area contributed by atoms with Gasteiger partial charge in [-0.15, -0.1) is 0 Å². The average molecular weight is 440 g/mol. The van der Waals surface area contributed by atoms with E-state index in [4.69, 9.17) is 4.98 Å². The van der Waals surface area contributed by atoms with Crippen molar-refractivity contribution in [2.45, 2.75) is 18.8 Å². The van der Waals surface area contributed by atoms with E-state index in [0.717, 1.165) is 22.8 Å². The Morgan fingerprint density at radius 2 is 1.18 bits per heavy atom. The molecule has 4 aromatic carbocycles. The topological polar surface area (TPSA) is 52.5 Å². The van der Waals surface area contributed by atoms with Crippen molar-refractivity contribution in [3.63, 3.8) is 0 Å². The molecule has 0 aliphatic carbocycles. The number of nitrogens with one attached hydrogen (secondary N) is 1. The van der Waals surface area contributed by atoms with Crippen LogP contribution in [0.5, 0.6) is 0 Å². The van der Waals surface area contributed by atoms with Crippen molar-refractivity contribution < 1.29 is 0 Å². The first-order chi connectivity index (χ1) is 16.7. The van der Waals surface area contributed by atoms with Crippen LogP contribution in [0.1, 0.15) is 45.0 Å². The molecule has 5 rings (SSSR count). The summed E-state index contributed by atoms with van der Waals surface area (Å²) < 4.78 is 0. The molecule has 1 aromatic heterocycles. The molecule has 164 valence electrons. The fraction of sp³-hybridized carbons (Fsp3) is 0.0968. The van der Waals surface area contributed by atoms with Gasteiger partial charge in [0.25, 0.3) is 0 Å². The van der Waals surface area contributed by atoms with Crippen molar-refractivity contribution in [1.82, 2.24) is 9.97 Å². The van der Waals surface area contributed by atoms with Crippen molar-refractivity contribution in [3.8, 4) is 6.07 Å². The van der Waals surface area contributed by atoms with Crippen molar-refractivity contribution >= 4 is 0 Å². The Labute approximate surface area is 200 Å². The van der Waals surface area contributed by atoms with E-state index >= 15 is 0 Å². The number of benzene rings is 4. The Kier molecular flexibility index (Phi) is 5.81. The molecular weight excluding hydrogens is 414 g/mol. The molecule has 0 bridgehead atoms. The number of aryl methyl sites for hydroxylation is 1. The number of hydrogen-bond donors (Lipinski definition) is 1. The van der Waals surface area contributed by atoms with Crippen molar-refractivity contribution in [3.05, 3.63) is 160 Å². The first-order valence-corrected chi connectivity index (χ1v) is 11.4. The summed E-state index contributed by atoms with van der Waals surface area (Å²) in [7, 11) is 0. The third-order valence-corrected chi connectivity index (χ3v) is 6.35. The van der Waals surface area contributed by atoms with Crippen molar-refractivity contribution in [2.24, 2.45) is 0 Å². The molecule has 0 spiro atoms. The van der Waals surface area contributed by atoms with Crippen LogP contribution in [-0.4, -0.2) is 9.97 Å². The summed E-state index contributed by atoms with van der Waals surface area (Å²) in [6, 6.07) is 41.9. The second-order valence-electron chi connectivity index (χ2n) is 8.48. The van der Waals surface area contributed by atoms with E-state index < -0.39 is 5.41 Å². The van der Waals surface area contributed by atoms with Crippen molar-refractivity contribution in [1.29, 1.82) is 5.26 Å². The fourth-order valence-electron chi connectivity index (χ4n) is 4.87. The number of rotatable bonds is 6. The van der Waals surface area contributed by atoms with E-state index in [1.165, 1.54) is 16.7 Å². The first-order valence-electron chi connectivity index (χ1n) is 11.4. The molecule has 0 aliphatic rings. The smallest absolute Gasteiger partial charge is 0.103 e. The summed E-state index contributed by atoms with van der Waals surface area (Å²) in [4.78, 5) is 8.63. The van der Waals surface area contributed by atoms with Gasteiger partial charge in [0.2, 0.25) is 0 Å². The molecule has 0 fully saturated rings. The van der Waals surface area contributed by atoms with Crippen LogP contribution in [-0.2, 0) is 11.8 Å². The fourth-order valence-corrected chi connectivity index (χ4v) is 4.87. The van der Waals surface area contributed by atoms with Crippen LogP contribution in [0.3, 0.4) is 0 Å². The standard InChI is InChI=1S/C31H25N3/c1-23-33-29(21-24-17-19-25(22-32)20-18-24)30(34-23)31(26-11-5-2-6-12-26,27-13-7-3-8-14-27)28-15-9-4-10-16-28/h2-20H,21H2,1H3,(H,33,34). The van der Waals surface area contributed by atoms with E-state index in [0.29, 0.717) is 12.0 Å². The van der Waals surface area contributed by atoms with Crippen LogP contribution in [0.4, 0.5) is 0 Å². The number of imidazole rings is 1. The minimum absolute atomic E-state index is 0.563. The number of hydrogen-bond acceptors (Lipinski definition) is 2. The predicted molar refractivity (Wildman–Crippen MR) is 136 cm³/mol. The molecule has 0 unspecified atom stereocenters. The molecule has 0 amide bonds. The number of H-pyrrole nitrogens is 1. The molecule has 3 heteroatoms. The minimum atomic E-state index is -0.563. The Bertz CT molecular complexity index is 1310. The molecule has 0 saturated heterocycles. The quantitative estimate of drug-likeness (QED) is 0.305. The van der Waals surface area contributed by atoms with Gasteiger partial charge >= 0.3 is 0 Å². The predicted octanol–water partition coefficient (Wildman–Crippen LogP) is 6.56. The van der Waals surface area contributed by atoms with Crippen LogP contribution < -0.4 is 0 Å². The lowest BCUT2D eigenvalue weighted by atomic mass is 9.66. The summed E-state index contributed by atoms with van der Waals surface area (Å²) in [5, 5.41) is 9.18. The second kappa shape index (κ2) is 9.21. The highest BCUT2D eigenvalue weighted by Crippen LogP contribution is 2.45. The van der Waals surface area contributed by atoms with Crippen LogP contribution in [0, 0.1) is 18.3 Å². The van der Waals surface area contributed by atoms with E-state index in [1.54, 1.807) is 0 Å². The minimum Gasteiger partial charge on any atom is -0.345 e. The number of aromatic nitrogens is 2. The van der Waals surface area contributed by atoms with Crippen LogP contribution >= 0.6 is 0 Å². The summed E-state index contributed by atoms with van der Waals surface area (Å²) in [6.45, 7) is 2.01. The van der Waals surface area contributed by atoms with Gasteiger partial charge in [-0.3, -0.25) is 0 Å². The van der Waals surface area contributed by atoms with E-state index in [1.807, 2.05) is 31.2 Å². The Hall–Kier alpha value is -4.42. The normalized spacial score (nSPS) is 11.2. The Morgan fingerprint density at radius 3 is 1.62 bits per heavy atom. The molecule has 1 heterocycles. The van der Waals surface area contributed by atoms with Crippen LogP contribution in [0.15, 0.2) is 115 Å². The number of aromatic amines is 1. The highest BCUT2D eigenvalue weighted by atomic mass is 14.9. The van der Waals surface area contributed by atoms with E-state index in [9.17, 15) is 5.26 Å². The van der Waals surface area contributed by atoms with Gasteiger partial charge in [0.05, 0.1) is 28.4 Å². The summed E-state index contributed by atoms with van der Waals surface area (Å²) in [5.41, 5.74) is 6.82. The van der Waals surface area contributed by atoms with Gasteiger partial charge in [-0.25, -0.2) is 4.98 Å². The van der Waals surface area contributed by atoms with Gasteiger partial charge in [-0.2, -0.15) is 5.26 Å². The Balaban J connectivity index is 1.79.